The first-order valence-corrected chi connectivity index (χ1v) is 6.78. The highest BCUT2D eigenvalue weighted by atomic mass is 19.4. The van der Waals surface area contributed by atoms with Crippen LogP contribution in [0.3, 0.4) is 0 Å². The molecule has 1 fully saturated rings. The van der Waals surface area contributed by atoms with E-state index < -0.39 is 17.6 Å². The standard InChI is InChI=1S/C14H16F3N3O2/c15-14(16,17)11-3-1-2-4-12(11)18-13(22)9-19-5-7-20(10-21)8-6-19/h1-4,10H,5-9H2,(H,18,22). The second kappa shape index (κ2) is 6.78. The Bertz CT molecular complexity index is 540. The fourth-order valence-corrected chi connectivity index (χ4v) is 2.26. The van der Waals surface area contributed by atoms with Gasteiger partial charge in [-0.1, -0.05) is 12.1 Å². The average Bonchev–Trinajstić information content (AvgIpc) is 2.47. The number of halogens is 3. The van der Waals surface area contributed by atoms with Crippen molar-refractivity contribution in [2.24, 2.45) is 0 Å². The summed E-state index contributed by atoms with van der Waals surface area (Å²) in [4.78, 5) is 25.9. The van der Waals surface area contributed by atoms with Crippen LogP contribution in [0.4, 0.5) is 18.9 Å². The van der Waals surface area contributed by atoms with E-state index in [1.807, 2.05) is 0 Å². The van der Waals surface area contributed by atoms with Gasteiger partial charge in [0.05, 0.1) is 17.8 Å². The van der Waals surface area contributed by atoms with Gasteiger partial charge < -0.3 is 10.2 Å². The Kier molecular flexibility index (Phi) is 5.02. The summed E-state index contributed by atoms with van der Waals surface area (Å²) < 4.78 is 38.5. The molecule has 1 aromatic rings. The van der Waals surface area contributed by atoms with E-state index in [1.54, 1.807) is 9.80 Å². The van der Waals surface area contributed by atoms with Crippen molar-refractivity contribution >= 4 is 18.0 Å². The molecular formula is C14H16F3N3O2. The smallest absolute Gasteiger partial charge is 0.343 e. The molecule has 0 unspecified atom stereocenters. The molecule has 5 nitrogen and oxygen atoms in total. The summed E-state index contributed by atoms with van der Waals surface area (Å²) in [7, 11) is 0. The number of carbonyl (C=O) groups excluding carboxylic acids is 2. The van der Waals surface area contributed by atoms with Crippen molar-refractivity contribution in [3.63, 3.8) is 0 Å². The predicted octanol–water partition coefficient (Wildman–Crippen LogP) is 1.42. The van der Waals surface area contributed by atoms with Gasteiger partial charge in [-0.3, -0.25) is 14.5 Å². The van der Waals surface area contributed by atoms with E-state index in [0.29, 0.717) is 26.2 Å². The second-order valence-corrected chi connectivity index (χ2v) is 5.01. The van der Waals surface area contributed by atoms with Crippen LogP contribution >= 0.6 is 0 Å². The molecule has 0 aliphatic carbocycles. The van der Waals surface area contributed by atoms with Crippen LogP contribution in [0.2, 0.25) is 0 Å². The Hall–Kier alpha value is -2.09. The molecule has 0 spiro atoms. The number of anilines is 1. The Labute approximate surface area is 125 Å². The molecule has 0 radical (unpaired) electrons. The lowest BCUT2D eigenvalue weighted by atomic mass is 10.1. The summed E-state index contributed by atoms with van der Waals surface area (Å²) in [5.41, 5.74) is -1.11. The van der Waals surface area contributed by atoms with Crippen molar-refractivity contribution < 1.29 is 22.8 Å². The number of hydrogen-bond donors (Lipinski definition) is 1. The van der Waals surface area contributed by atoms with Gasteiger partial charge in [0.25, 0.3) is 0 Å². The quantitative estimate of drug-likeness (QED) is 0.855. The van der Waals surface area contributed by atoms with Crippen LogP contribution in [-0.2, 0) is 15.8 Å². The maximum Gasteiger partial charge on any atom is 0.418 e. The predicted molar refractivity (Wildman–Crippen MR) is 74.2 cm³/mol. The van der Waals surface area contributed by atoms with E-state index in [4.69, 9.17) is 0 Å². The van der Waals surface area contributed by atoms with Gasteiger partial charge in [0.2, 0.25) is 12.3 Å². The Morgan fingerprint density at radius 3 is 2.41 bits per heavy atom. The van der Waals surface area contributed by atoms with E-state index in [2.05, 4.69) is 5.32 Å². The molecule has 2 amide bonds. The van der Waals surface area contributed by atoms with Crippen molar-refractivity contribution in [3.8, 4) is 0 Å². The van der Waals surface area contributed by atoms with Crippen LogP contribution in [0, 0.1) is 0 Å². The van der Waals surface area contributed by atoms with E-state index in [9.17, 15) is 22.8 Å². The Balaban J connectivity index is 1.94. The summed E-state index contributed by atoms with van der Waals surface area (Å²) in [5, 5.41) is 2.31. The topological polar surface area (TPSA) is 52.7 Å². The molecule has 0 bridgehead atoms. The molecule has 1 saturated heterocycles. The summed E-state index contributed by atoms with van der Waals surface area (Å²) in [6.07, 6.45) is -3.77. The summed E-state index contributed by atoms with van der Waals surface area (Å²) in [6.45, 7) is 2.06. The molecule has 1 aromatic carbocycles. The van der Waals surface area contributed by atoms with Gasteiger partial charge in [-0.15, -0.1) is 0 Å². The van der Waals surface area contributed by atoms with Gasteiger partial charge in [0.15, 0.2) is 0 Å². The first-order valence-electron chi connectivity index (χ1n) is 6.78. The minimum Gasteiger partial charge on any atom is -0.343 e. The first kappa shape index (κ1) is 16.3. The minimum absolute atomic E-state index is 0.00110. The van der Waals surface area contributed by atoms with Crippen molar-refractivity contribution in [2.75, 3.05) is 38.0 Å². The van der Waals surface area contributed by atoms with Gasteiger partial charge in [-0.25, -0.2) is 0 Å². The van der Waals surface area contributed by atoms with Crippen LogP contribution in [0.1, 0.15) is 5.56 Å². The summed E-state index contributed by atoms with van der Waals surface area (Å²) >= 11 is 0. The number of para-hydroxylation sites is 1. The van der Waals surface area contributed by atoms with Gasteiger partial charge in [0, 0.05) is 26.2 Å². The lowest BCUT2D eigenvalue weighted by Crippen LogP contribution is -2.48. The molecule has 0 saturated carbocycles. The number of hydrogen-bond acceptors (Lipinski definition) is 3. The first-order chi connectivity index (χ1) is 10.4. The monoisotopic (exact) mass is 315 g/mol. The number of carbonyl (C=O) groups is 2. The van der Waals surface area contributed by atoms with E-state index in [0.717, 1.165) is 12.5 Å². The molecule has 1 heterocycles. The van der Waals surface area contributed by atoms with Gasteiger partial charge in [0.1, 0.15) is 0 Å². The largest absolute Gasteiger partial charge is 0.418 e. The molecule has 1 aliphatic heterocycles. The van der Waals surface area contributed by atoms with E-state index in [-0.39, 0.29) is 12.2 Å². The summed E-state index contributed by atoms with van der Waals surface area (Å²) in [6, 6.07) is 4.87. The molecule has 2 rings (SSSR count). The lowest BCUT2D eigenvalue weighted by molar-refractivity contribution is -0.137. The highest BCUT2D eigenvalue weighted by Gasteiger charge is 2.33. The minimum atomic E-state index is -4.51. The third-order valence-electron chi connectivity index (χ3n) is 3.43. The maximum atomic E-state index is 12.8. The fourth-order valence-electron chi connectivity index (χ4n) is 2.26. The maximum absolute atomic E-state index is 12.8. The van der Waals surface area contributed by atoms with Gasteiger partial charge in [-0.2, -0.15) is 13.2 Å². The van der Waals surface area contributed by atoms with Crippen molar-refractivity contribution in [1.29, 1.82) is 0 Å². The number of nitrogens with zero attached hydrogens (tertiary/aromatic N) is 2. The Morgan fingerprint density at radius 2 is 1.82 bits per heavy atom. The molecule has 22 heavy (non-hydrogen) atoms. The normalized spacial score (nSPS) is 16.4. The molecule has 0 aromatic heterocycles. The van der Waals surface area contributed by atoms with Crippen LogP contribution in [-0.4, -0.2) is 54.8 Å². The van der Waals surface area contributed by atoms with E-state index >= 15 is 0 Å². The average molecular weight is 315 g/mol. The third-order valence-corrected chi connectivity index (χ3v) is 3.43. The van der Waals surface area contributed by atoms with Crippen LogP contribution in [0.15, 0.2) is 24.3 Å². The zero-order chi connectivity index (χ0) is 16.2. The number of piperazine rings is 1. The van der Waals surface area contributed by atoms with Gasteiger partial charge >= 0.3 is 6.18 Å². The molecular weight excluding hydrogens is 299 g/mol. The number of rotatable bonds is 4. The Morgan fingerprint density at radius 1 is 1.18 bits per heavy atom. The van der Waals surface area contributed by atoms with Crippen LogP contribution < -0.4 is 5.32 Å². The SMILES string of the molecule is O=CN1CCN(CC(=O)Nc2ccccc2C(F)(F)F)CC1. The van der Waals surface area contributed by atoms with Crippen LogP contribution in [0.5, 0.6) is 0 Å². The highest BCUT2D eigenvalue weighted by molar-refractivity contribution is 5.93. The molecule has 1 N–H and O–H groups in total. The molecule has 8 heteroatoms. The molecule has 120 valence electrons. The zero-order valence-corrected chi connectivity index (χ0v) is 11.8. The molecule has 1 aliphatic rings. The molecule has 0 atom stereocenters. The van der Waals surface area contributed by atoms with Crippen molar-refractivity contribution in [1.82, 2.24) is 9.80 Å². The van der Waals surface area contributed by atoms with Crippen molar-refractivity contribution in [2.45, 2.75) is 6.18 Å². The van der Waals surface area contributed by atoms with Crippen molar-refractivity contribution in [3.05, 3.63) is 29.8 Å². The third kappa shape index (κ3) is 4.20. The number of amides is 2. The number of benzene rings is 1. The zero-order valence-electron chi connectivity index (χ0n) is 11.8. The van der Waals surface area contributed by atoms with Gasteiger partial charge in [-0.05, 0) is 12.1 Å². The summed E-state index contributed by atoms with van der Waals surface area (Å²) in [5.74, 6) is -0.503. The lowest BCUT2D eigenvalue weighted by Gasteiger charge is -2.31. The number of alkyl halides is 3. The number of nitrogens with one attached hydrogen (secondary N) is 1. The highest BCUT2D eigenvalue weighted by Crippen LogP contribution is 2.34. The van der Waals surface area contributed by atoms with E-state index in [1.165, 1.54) is 18.2 Å². The van der Waals surface area contributed by atoms with Crippen LogP contribution in [0.25, 0.3) is 0 Å². The second-order valence-electron chi connectivity index (χ2n) is 5.01. The fraction of sp³-hybridized carbons (Fsp3) is 0.429.